The van der Waals surface area contributed by atoms with E-state index in [0.29, 0.717) is 24.2 Å². The van der Waals surface area contributed by atoms with Crippen LogP contribution < -0.4 is 20.1 Å². The monoisotopic (exact) mass is 618 g/mol. The van der Waals surface area contributed by atoms with Gasteiger partial charge in [0.15, 0.2) is 0 Å². The summed E-state index contributed by atoms with van der Waals surface area (Å²) in [7, 11) is -7.20. The van der Waals surface area contributed by atoms with E-state index in [9.17, 15) is 26.4 Å². The van der Waals surface area contributed by atoms with E-state index in [1.165, 1.54) is 24.3 Å². The zero-order valence-electron chi connectivity index (χ0n) is 23.9. The van der Waals surface area contributed by atoms with Gasteiger partial charge in [-0.1, -0.05) is 38.5 Å². The van der Waals surface area contributed by atoms with E-state index in [0.717, 1.165) is 64.2 Å². The molecule has 12 heteroatoms. The first-order valence-electron chi connectivity index (χ1n) is 15.0. The summed E-state index contributed by atoms with van der Waals surface area (Å²) in [6.45, 7) is 0. The highest BCUT2D eigenvalue weighted by Crippen LogP contribution is 2.22. The summed E-state index contributed by atoms with van der Waals surface area (Å²) < 4.78 is 56.1. The Balaban J connectivity index is 1.14. The van der Waals surface area contributed by atoms with Crippen molar-refractivity contribution in [3.8, 4) is 0 Å². The summed E-state index contributed by atoms with van der Waals surface area (Å²) in [4.78, 5) is 25.0. The SMILES string of the molecule is O=C(CCCCC(=O)Nc1ccc(S(=O)(=O)NC2CCCCC2)cc1)Nc1ccc(S(=O)(=O)NC2CCCCC2)cc1. The van der Waals surface area contributed by atoms with Crippen LogP contribution in [0.15, 0.2) is 58.3 Å². The Bertz CT molecular complexity index is 1290. The first-order chi connectivity index (χ1) is 20.1. The third-order valence-corrected chi connectivity index (χ3v) is 10.9. The molecule has 230 valence electrons. The first-order valence-corrected chi connectivity index (χ1v) is 17.9. The number of anilines is 2. The normalized spacial score (nSPS) is 17.0. The zero-order chi connectivity index (χ0) is 30.0. The van der Waals surface area contributed by atoms with E-state index in [2.05, 4.69) is 20.1 Å². The summed E-state index contributed by atoms with van der Waals surface area (Å²) in [5, 5.41) is 5.53. The van der Waals surface area contributed by atoms with E-state index in [1.54, 1.807) is 24.3 Å². The third-order valence-electron chi connectivity index (χ3n) is 7.81. The lowest BCUT2D eigenvalue weighted by atomic mass is 9.96. The number of amides is 2. The van der Waals surface area contributed by atoms with Crippen molar-refractivity contribution in [3.63, 3.8) is 0 Å². The second-order valence-electron chi connectivity index (χ2n) is 11.3. The van der Waals surface area contributed by atoms with Gasteiger partial charge in [0.05, 0.1) is 9.79 Å². The van der Waals surface area contributed by atoms with Crippen LogP contribution in [0.2, 0.25) is 0 Å². The number of hydrogen-bond donors (Lipinski definition) is 4. The number of nitrogens with one attached hydrogen (secondary N) is 4. The molecule has 0 atom stereocenters. The van der Waals surface area contributed by atoms with Crippen molar-refractivity contribution in [1.82, 2.24) is 9.44 Å². The van der Waals surface area contributed by atoms with Crippen molar-refractivity contribution in [2.75, 3.05) is 10.6 Å². The van der Waals surface area contributed by atoms with Gasteiger partial charge in [-0.05, 0) is 87.1 Å². The second-order valence-corrected chi connectivity index (χ2v) is 14.7. The van der Waals surface area contributed by atoms with Crippen molar-refractivity contribution in [1.29, 1.82) is 0 Å². The highest BCUT2D eigenvalue weighted by Gasteiger charge is 2.23. The lowest BCUT2D eigenvalue weighted by Gasteiger charge is -2.22. The predicted molar refractivity (Wildman–Crippen MR) is 163 cm³/mol. The van der Waals surface area contributed by atoms with Crippen LogP contribution in [-0.2, 0) is 29.6 Å². The zero-order valence-corrected chi connectivity index (χ0v) is 25.6. The smallest absolute Gasteiger partial charge is 0.240 e. The molecule has 0 bridgehead atoms. The fraction of sp³-hybridized carbons (Fsp3) is 0.533. The molecule has 0 aliphatic heterocycles. The topological polar surface area (TPSA) is 151 Å². The first kappa shape index (κ1) is 32.1. The Hall–Kier alpha value is -2.80. The highest BCUT2D eigenvalue weighted by molar-refractivity contribution is 7.89. The van der Waals surface area contributed by atoms with Crippen LogP contribution >= 0.6 is 0 Å². The van der Waals surface area contributed by atoms with Gasteiger partial charge < -0.3 is 10.6 Å². The molecule has 4 N–H and O–H groups in total. The maximum absolute atomic E-state index is 12.6. The van der Waals surface area contributed by atoms with E-state index in [-0.39, 0.29) is 46.5 Å². The molecule has 2 aromatic carbocycles. The van der Waals surface area contributed by atoms with Gasteiger partial charge >= 0.3 is 0 Å². The number of hydrogen-bond acceptors (Lipinski definition) is 6. The Morgan fingerprint density at radius 2 is 0.881 bits per heavy atom. The maximum atomic E-state index is 12.6. The van der Waals surface area contributed by atoms with Crippen molar-refractivity contribution in [2.24, 2.45) is 0 Å². The largest absolute Gasteiger partial charge is 0.326 e. The lowest BCUT2D eigenvalue weighted by molar-refractivity contribution is -0.118. The van der Waals surface area contributed by atoms with E-state index in [1.807, 2.05) is 0 Å². The van der Waals surface area contributed by atoms with Gasteiger partial charge in [0.1, 0.15) is 0 Å². The molecule has 0 spiro atoms. The molecule has 2 aromatic rings. The minimum atomic E-state index is -3.60. The molecule has 2 saturated carbocycles. The summed E-state index contributed by atoms with van der Waals surface area (Å²) in [5.41, 5.74) is 1.02. The molecule has 0 radical (unpaired) electrons. The molecule has 2 fully saturated rings. The van der Waals surface area contributed by atoms with Crippen molar-refractivity contribution in [3.05, 3.63) is 48.5 Å². The standard InChI is InChI=1S/C30H42N4O6S2/c35-29(31-23-15-19-27(20-16-23)41(37,38)33-25-9-3-1-4-10-25)13-7-8-14-30(36)32-24-17-21-28(22-18-24)42(39,40)34-26-11-5-2-6-12-26/h15-22,25-26,33-34H,1-14H2,(H,31,35)(H,32,36). The van der Waals surface area contributed by atoms with Gasteiger partial charge in [-0.2, -0.15) is 0 Å². The molecule has 4 rings (SSSR count). The molecule has 42 heavy (non-hydrogen) atoms. The van der Waals surface area contributed by atoms with Crippen LogP contribution in [0, 0.1) is 0 Å². The van der Waals surface area contributed by atoms with E-state index < -0.39 is 20.0 Å². The molecule has 10 nitrogen and oxygen atoms in total. The fourth-order valence-corrected chi connectivity index (χ4v) is 8.08. The Morgan fingerprint density at radius 1 is 0.548 bits per heavy atom. The number of carbonyl (C=O) groups excluding carboxylic acids is 2. The molecule has 0 heterocycles. The van der Waals surface area contributed by atoms with Crippen LogP contribution in [-0.4, -0.2) is 40.7 Å². The highest BCUT2D eigenvalue weighted by atomic mass is 32.2. The number of unbranched alkanes of at least 4 members (excludes halogenated alkanes) is 1. The van der Waals surface area contributed by atoms with Crippen molar-refractivity contribution < 1.29 is 26.4 Å². The van der Waals surface area contributed by atoms with Gasteiger partial charge in [0.2, 0.25) is 31.9 Å². The molecule has 0 aromatic heterocycles. The maximum Gasteiger partial charge on any atom is 0.240 e. The molecular weight excluding hydrogens is 576 g/mol. The van der Waals surface area contributed by atoms with Gasteiger partial charge in [0.25, 0.3) is 0 Å². The van der Waals surface area contributed by atoms with Crippen molar-refractivity contribution in [2.45, 2.75) is 112 Å². The van der Waals surface area contributed by atoms with Crippen LogP contribution in [0.25, 0.3) is 0 Å². The number of sulfonamides is 2. The quantitative estimate of drug-likeness (QED) is 0.231. The fourth-order valence-electron chi connectivity index (χ4n) is 5.47. The summed E-state index contributed by atoms with van der Waals surface area (Å²) >= 11 is 0. The molecule has 0 unspecified atom stereocenters. The van der Waals surface area contributed by atoms with Gasteiger partial charge in [-0.15, -0.1) is 0 Å². The third kappa shape index (κ3) is 9.89. The van der Waals surface area contributed by atoms with Gasteiger partial charge in [0, 0.05) is 36.3 Å². The van der Waals surface area contributed by atoms with Crippen LogP contribution in [0.5, 0.6) is 0 Å². The second kappa shape index (κ2) is 15.1. The average molecular weight is 619 g/mol. The Kier molecular flexibility index (Phi) is 11.5. The van der Waals surface area contributed by atoms with Gasteiger partial charge in [-0.25, -0.2) is 26.3 Å². The number of benzene rings is 2. The molecule has 0 saturated heterocycles. The summed E-state index contributed by atoms with van der Waals surface area (Å²) in [6, 6.07) is 12.2. The minimum absolute atomic E-state index is 0.0252. The van der Waals surface area contributed by atoms with E-state index >= 15 is 0 Å². The summed E-state index contributed by atoms with van der Waals surface area (Å²) in [5.74, 6) is -0.435. The van der Waals surface area contributed by atoms with Crippen LogP contribution in [0.4, 0.5) is 11.4 Å². The van der Waals surface area contributed by atoms with Crippen LogP contribution in [0.1, 0.15) is 89.9 Å². The van der Waals surface area contributed by atoms with Crippen molar-refractivity contribution >= 4 is 43.2 Å². The lowest BCUT2D eigenvalue weighted by Crippen LogP contribution is -2.36. The Morgan fingerprint density at radius 3 is 1.21 bits per heavy atom. The van der Waals surface area contributed by atoms with Gasteiger partial charge in [-0.3, -0.25) is 9.59 Å². The molecule has 2 amide bonds. The minimum Gasteiger partial charge on any atom is -0.326 e. The van der Waals surface area contributed by atoms with Crippen LogP contribution in [0.3, 0.4) is 0 Å². The molecular formula is C30H42N4O6S2. The predicted octanol–water partition coefficient (Wildman–Crippen LogP) is 5.05. The number of carbonyl (C=O) groups is 2. The average Bonchev–Trinajstić information content (AvgIpc) is 2.96. The summed E-state index contributed by atoms with van der Waals surface area (Å²) in [6.07, 6.45) is 11.3. The van der Waals surface area contributed by atoms with E-state index in [4.69, 9.17) is 0 Å². The Labute approximate surface area is 249 Å². The molecule has 2 aliphatic rings. The molecule has 2 aliphatic carbocycles. The number of rotatable bonds is 13.